The molecule has 1 heterocycles. The van der Waals surface area contributed by atoms with Crippen molar-refractivity contribution in [1.29, 1.82) is 5.41 Å². The van der Waals surface area contributed by atoms with Crippen LogP contribution in [0.1, 0.15) is 94.4 Å². The molecule has 0 unspecified atom stereocenters. The van der Waals surface area contributed by atoms with Crippen molar-refractivity contribution in [2.45, 2.75) is 104 Å². The highest BCUT2D eigenvalue weighted by Crippen LogP contribution is 2.28. The van der Waals surface area contributed by atoms with Gasteiger partial charge in [0.2, 0.25) is 0 Å². The topological polar surface area (TPSA) is 155 Å². The molecule has 5 N–H and O–H groups in total. The Morgan fingerprint density at radius 1 is 0.816 bits per heavy atom. The molecule has 1 fully saturated rings. The van der Waals surface area contributed by atoms with E-state index in [1.807, 2.05) is 73.9 Å². The third-order valence-electron chi connectivity index (χ3n) is 8.35. The maximum atomic E-state index is 14.0. The van der Waals surface area contributed by atoms with Crippen LogP contribution in [-0.2, 0) is 22.6 Å². The van der Waals surface area contributed by atoms with E-state index in [0.29, 0.717) is 49.0 Å². The molecular weight excluding hydrogens is 622 g/mol. The number of alkyl carbamates (subject to hydrolysis) is 2. The fourth-order valence-corrected chi connectivity index (χ4v) is 6.21. The summed E-state index contributed by atoms with van der Waals surface area (Å²) in [6.45, 7) is 10.9. The zero-order valence-electron chi connectivity index (χ0n) is 29.1. The van der Waals surface area contributed by atoms with Crippen molar-refractivity contribution < 1.29 is 29.0 Å². The summed E-state index contributed by atoms with van der Waals surface area (Å²) in [4.78, 5) is 38.7. The Balaban J connectivity index is 1.43. The first kappa shape index (κ1) is 35.4. The summed E-state index contributed by atoms with van der Waals surface area (Å²) in [5.41, 5.74) is 2.01. The monoisotopic (exact) mass is 669 g/mol. The maximum absolute atomic E-state index is 14.0. The number of ether oxygens (including phenoxy) is 2. The highest BCUT2D eigenvalue weighted by atomic mass is 16.6. The van der Waals surface area contributed by atoms with Gasteiger partial charge in [0.05, 0.1) is 6.61 Å². The lowest BCUT2D eigenvalue weighted by Gasteiger charge is -2.30. The van der Waals surface area contributed by atoms with Crippen molar-refractivity contribution in [2.75, 3.05) is 0 Å². The number of nitrogens with one attached hydrogen (secondary N) is 4. The van der Waals surface area contributed by atoms with Gasteiger partial charge < -0.3 is 29.8 Å². The minimum atomic E-state index is -0.726. The van der Waals surface area contributed by atoms with Gasteiger partial charge in [0, 0.05) is 35.1 Å². The lowest BCUT2D eigenvalue weighted by molar-refractivity contribution is 0.0486. The van der Waals surface area contributed by atoms with Crippen molar-refractivity contribution in [3.8, 4) is 0 Å². The van der Waals surface area contributed by atoms with Crippen molar-refractivity contribution in [3.63, 3.8) is 0 Å². The minimum Gasteiger partial charge on any atom is -0.444 e. The Labute approximate surface area is 286 Å². The van der Waals surface area contributed by atoms with Crippen LogP contribution in [0.3, 0.4) is 0 Å². The van der Waals surface area contributed by atoms with E-state index >= 15 is 0 Å². The van der Waals surface area contributed by atoms with Gasteiger partial charge >= 0.3 is 12.2 Å². The van der Waals surface area contributed by atoms with E-state index in [9.17, 15) is 19.5 Å². The number of amidine groups is 1. The number of aromatic nitrogens is 1. The first-order valence-corrected chi connectivity index (χ1v) is 16.7. The fourth-order valence-electron chi connectivity index (χ4n) is 6.21. The summed E-state index contributed by atoms with van der Waals surface area (Å²) < 4.78 is 12.7. The number of aliphatic hydroxyl groups excluding tert-OH is 1. The standard InChI is InChI=1S/C38H47N5O6/c1-37(2,3)48-35(46)41-29-15-13-28(14-16-29)40-34(45)32-19-25-11-12-26(33(39)42-36(47)49-38(4,5)6)20-31(25)43(32)21-27-18-23(22-44)17-24-9-7-8-10-30(24)27/h7-12,17-20,28-29,44H,13-16,21-22H2,1-6H3,(H,40,45)(H,41,46)(H2,39,42,47)/t28-,29-. The van der Waals surface area contributed by atoms with Crippen LogP contribution in [0.25, 0.3) is 21.7 Å². The van der Waals surface area contributed by atoms with Crippen molar-refractivity contribution in [2.24, 2.45) is 0 Å². The Kier molecular flexibility index (Phi) is 10.3. The third kappa shape index (κ3) is 9.17. The normalized spacial score (nSPS) is 16.6. The highest BCUT2D eigenvalue weighted by molar-refractivity contribution is 6.07. The number of benzene rings is 3. The molecule has 0 aliphatic heterocycles. The van der Waals surface area contributed by atoms with Crippen LogP contribution in [0, 0.1) is 5.41 Å². The van der Waals surface area contributed by atoms with E-state index in [1.54, 1.807) is 32.9 Å². The molecular formula is C38H47N5O6. The van der Waals surface area contributed by atoms with Gasteiger partial charge in [-0.1, -0.05) is 42.5 Å². The predicted molar refractivity (Wildman–Crippen MR) is 190 cm³/mol. The lowest BCUT2D eigenvalue weighted by atomic mass is 9.91. The van der Waals surface area contributed by atoms with E-state index in [4.69, 9.17) is 14.9 Å². The first-order valence-electron chi connectivity index (χ1n) is 16.7. The van der Waals surface area contributed by atoms with E-state index in [-0.39, 0.29) is 30.4 Å². The number of amides is 3. The van der Waals surface area contributed by atoms with E-state index in [1.165, 1.54) is 0 Å². The quantitative estimate of drug-likeness (QED) is 0.108. The van der Waals surface area contributed by atoms with Gasteiger partial charge in [-0.15, -0.1) is 0 Å². The largest absolute Gasteiger partial charge is 0.444 e. The van der Waals surface area contributed by atoms with Crippen molar-refractivity contribution >= 4 is 45.6 Å². The number of rotatable bonds is 7. The summed E-state index contributed by atoms with van der Waals surface area (Å²) in [6, 6.07) is 18.9. The molecule has 11 heteroatoms. The second-order valence-electron chi connectivity index (χ2n) is 14.7. The van der Waals surface area contributed by atoms with Crippen LogP contribution in [0.2, 0.25) is 0 Å². The molecule has 1 saturated carbocycles. The number of aliphatic hydroxyl groups is 1. The Hall–Kier alpha value is -4.90. The lowest BCUT2D eigenvalue weighted by Crippen LogP contribution is -2.45. The summed E-state index contributed by atoms with van der Waals surface area (Å²) in [7, 11) is 0. The number of carbonyl (C=O) groups excluding carboxylic acids is 3. The van der Waals surface area contributed by atoms with E-state index < -0.39 is 23.4 Å². The molecule has 49 heavy (non-hydrogen) atoms. The summed E-state index contributed by atoms with van der Waals surface area (Å²) in [5, 5.41) is 30.1. The van der Waals surface area contributed by atoms with Gasteiger partial charge in [-0.25, -0.2) is 9.59 Å². The summed E-state index contributed by atoms with van der Waals surface area (Å²) in [5.74, 6) is -0.356. The van der Waals surface area contributed by atoms with Crippen LogP contribution >= 0.6 is 0 Å². The van der Waals surface area contributed by atoms with Gasteiger partial charge in [0.1, 0.15) is 22.7 Å². The second-order valence-corrected chi connectivity index (χ2v) is 14.7. The van der Waals surface area contributed by atoms with Gasteiger partial charge in [-0.3, -0.25) is 15.5 Å². The molecule has 0 bridgehead atoms. The number of nitrogens with zero attached hydrogens (tertiary/aromatic N) is 1. The zero-order chi connectivity index (χ0) is 35.5. The highest BCUT2D eigenvalue weighted by Gasteiger charge is 2.27. The van der Waals surface area contributed by atoms with Crippen molar-refractivity contribution in [1.82, 2.24) is 20.5 Å². The molecule has 11 nitrogen and oxygen atoms in total. The van der Waals surface area contributed by atoms with Gasteiger partial charge in [-0.2, -0.15) is 0 Å². The van der Waals surface area contributed by atoms with Crippen LogP contribution in [0.4, 0.5) is 9.59 Å². The van der Waals surface area contributed by atoms with Crippen LogP contribution < -0.4 is 16.0 Å². The van der Waals surface area contributed by atoms with Gasteiger partial charge in [0.25, 0.3) is 5.91 Å². The molecule has 260 valence electrons. The Bertz CT molecular complexity index is 1880. The van der Waals surface area contributed by atoms with Crippen LogP contribution in [0.5, 0.6) is 0 Å². The summed E-state index contributed by atoms with van der Waals surface area (Å²) >= 11 is 0. The van der Waals surface area contributed by atoms with Crippen LogP contribution in [-0.4, -0.2) is 56.9 Å². The first-order chi connectivity index (χ1) is 23.1. The third-order valence-corrected chi connectivity index (χ3v) is 8.35. The SMILES string of the molecule is CC(C)(C)OC(=O)NC(=N)c1ccc2cc(C(=O)N[C@H]3CC[C@H](NC(=O)OC(C)(C)C)CC3)n(Cc3cc(CO)cc4ccccc34)c2c1. The van der Waals surface area contributed by atoms with Crippen molar-refractivity contribution in [3.05, 3.63) is 83.0 Å². The van der Waals surface area contributed by atoms with E-state index in [2.05, 4.69) is 16.0 Å². The molecule has 4 aromatic rings. The Morgan fingerprint density at radius 3 is 2.10 bits per heavy atom. The average Bonchev–Trinajstić information content (AvgIpc) is 3.37. The molecule has 3 amide bonds. The molecule has 3 aromatic carbocycles. The molecule has 0 atom stereocenters. The number of fused-ring (bicyclic) bond motifs is 2. The smallest absolute Gasteiger partial charge is 0.413 e. The second kappa shape index (κ2) is 14.3. The number of carbonyl (C=O) groups is 3. The van der Waals surface area contributed by atoms with E-state index in [0.717, 1.165) is 27.3 Å². The zero-order valence-corrected chi connectivity index (χ0v) is 29.1. The van der Waals surface area contributed by atoms with Gasteiger partial charge in [0.15, 0.2) is 0 Å². The molecule has 0 spiro atoms. The average molecular weight is 670 g/mol. The molecule has 0 radical (unpaired) electrons. The van der Waals surface area contributed by atoms with Gasteiger partial charge in [-0.05, 0) is 107 Å². The minimum absolute atomic E-state index is 0.0236. The molecule has 1 aliphatic rings. The Morgan fingerprint density at radius 2 is 1.45 bits per heavy atom. The number of hydrogen-bond acceptors (Lipinski definition) is 7. The van der Waals surface area contributed by atoms with Crippen LogP contribution in [0.15, 0.2) is 60.7 Å². The summed E-state index contributed by atoms with van der Waals surface area (Å²) in [6.07, 6.45) is 1.67. The fraction of sp³-hybridized carbons (Fsp3) is 0.421. The molecule has 1 aromatic heterocycles. The molecule has 1 aliphatic carbocycles. The predicted octanol–water partition coefficient (Wildman–Crippen LogP) is 6.75. The number of hydrogen-bond donors (Lipinski definition) is 5. The molecule has 5 rings (SSSR count). The molecule has 0 saturated heterocycles. The maximum Gasteiger partial charge on any atom is 0.413 e.